The Morgan fingerprint density at radius 2 is 1.92 bits per heavy atom. The maximum absolute atomic E-state index is 12.4. The van der Waals surface area contributed by atoms with E-state index in [0.29, 0.717) is 24.0 Å². The molecule has 0 bridgehead atoms. The van der Waals surface area contributed by atoms with Crippen molar-refractivity contribution >= 4 is 16.8 Å². The van der Waals surface area contributed by atoms with E-state index in [0.717, 1.165) is 11.1 Å². The van der Waals surface area contributed by atoms with E-state index in [1.165, 1.54) is 6.20 Å². The number of fused-ring (bicyclic) bond motifs is 1. The molecular weight excluding hydrogens is 328 g/mol. The number of benzene rings is 2. The lowest BCUT2D eigenvalue weighted by Crippen LogP contribution is -2.27. The largest absolute Gasteiger partial charge is 0.341 e. The first-order chi connectivity index (χ1) is 12.6. The maximum atomic E-state index is 12.4. The summed E-state index contributed by atoms with van der Waals surface area (Å²) in [6.07, 6.45) is 1.57. The molecule has 26 heavy (non-hydrogen) atoms. The van der Waals surface area contributed by atoms with Crippen molar-refractivity contribution < 1.29 is 4.79 Å². The van der Waals surface area contributed by atoms with Crippen LogP contribution < -0.4 is 5.43 Å². The quantitative estimate of drug-likeness (QED) is 0.710. The Kier molecular flexibility index (Phi) is 5.09. The minimum absolute atomic E-state index is 0.0149. The molecule has 6 nitrogen and oxygen atoms in total. The van der Waals surface area contributed by atoms with E-state index in [4.69, 9.17) is 5.26 Å². The van der Waals surface area contributed by atoms with Crippen LogP contribution in [0.2, 0.25) is 0 Å². The average molecular weight is 346 g/mol. The first-order valence-electron chi connectivity index (χ1n) is 8.26. The topological polar surface area (TPSA) is 79.0 Å². The van der Waals surface area contributed by atoms with Crippen molar-refractivity contribution in [2.75, 3.05) is 7.05 Å². The molecule has 0 radical (unpaired) electrons. The number of hydrogen-bond acceptors (Lipinski definition) is 4. The molecule has 0 fully saturated rings. The first kappa shape index (κ1) is 17.4. The number of carbonyl (C=O) groups excluding carboxylic acids is 1. The molecule has 1 heterocycles. The van der Waals surface area contributed by atoms with Gasteiger partial charge in [0.25, 0.3) is 0 Å². The summed E-state index contributed by atoms with van der Waals surface area (Å²) < 4.78 is 1.68. The first-order valence-corrected chi connectivity index (χ1v) is 8.26. The normalized spacial score (nSPS) is 10.5. The number of rotatable bonds is 5. The summed E-state index contributed by atoms with van der Waals surface area (Å²) in [7, 11) is 1.75. The standard InChI is InChI=1S/C20H18N4O2/c1-23(14-16-8-6-15(12-21)7-9-16)20(26)10-11-24-18-5-3-2-4-17(18)19(25)13-22-24/h2-9,13H,10-11,14H2,1H3. The minimum atomic E-state index is -0.124. The second kappa shape index (κ2) is 7.62. The predicted molar refractivity (Wildman–Crippen MR) is 98.3 cm³/mol. The van der Waals surface area contributed by atoms with Gasteiger partial charge in [-0.25, -0.2) is 0 Å². The second-order valence-corrected chi connectivity index (χ2v) is 6.06. The van der Waals surface area contributed by atoms with Crippen LogP contribution in [-0.4, -0.2) is 27.6 Å². The summed E-state index contributed by atoms with van der Waals surface area (Å²) in [5, 5.41) is 13.6. The van der Waals surface area contributed by atoms with Gasteiger partial charge in [-0.2, -0.15) is 10.4 Å². The zero-order valence-corrected chi connectivity index (χ0v) is 14.4. The molecule has 1 aromatic heterocycles. The molecule has 0 spiro atoms. The minimum Gasteiger partial charge on any atom is -0.341 e. The summed E-state index contributed by atoms with van der Waals surface area (Å²) in [5.74, 6) is -0.0149. The van der Waals surface area contributed by atoms with E-state index in [1.54, 1.807) is 34.8 Å². The zero-order chi connectivity index (χ0) is 18.5. The van der Waals surface area contributed by atoms with Crippen LogP contribution in [0.3, 0.4) is 0 Å². The molecule has 0 unspecified atom stereocenters. The highest BCUT2D eigenvalue weighted by atomic mass is 16.2. The number of hydrogen-bond donors (Lipinski definition) is 0. The second-order valence-electron chi connectivity index (χ2n) is 6.06. The van der Waals surface area contributed by atoms with Crippen molar-refractivity contribution in [1.29, 1.82) is 5.26 Å². The van der Waals surface area contributed by atoms with Gasteiger partial charge in [-0.3, -0.25) is 14.3 Å². The van der Waals surface area contributed by atoms with Crippen molar-refractivity contribution in [2.24, 2.45) is 0 Å². The van der Waals surface area contributed by atoms with Crippen LogP contribution in [0.5, 0.6) is 0 Å². The van der Waals surface area contributed by atoms with Crippen molar-refractivity contribution in [3.05, 3.63) is 76.1 Å². The van der Waals surface area contributed by atoms with Crippen molar-refractivity contribution in [1.82, 2.24) is 14.7 Å². The highest BCUT2D eigenvalue weighted by molar-refractivity contribution is 5.79. The third kappa shape index (κ3) is 3.78. The third-order valence-electron chi connectivity index (χ3n) is 4.23. The highest BCUT2D eigenvalue weighted by Gasteiger charge is 2.11. The fourth-order valence-corrected chi connectivity index (χ4v) is 2.78. The summed E-state index contributed by atoms with van der Waals surface area (Å²) in [4.78, 5) is 25.9. The lowest BCUT2D eigenvalue weighted by atomic mass is 10.1. The van der Waals surface area contributed by atoms with E-state index in [2.05, 4.69) is 11.2 Å². The van der Waals surface area contributed by atoms with E-state index in [9.17, 15) is 9.59 Å². The number of nitriles is 1. The lowest BCUT2D eigenvalue weighted by Gasteiger charge is -2.18. The average Bonchev–Trinajstić information content (AvgIpc) is 2.68. The smallest absolute Gasteiger partial charge is 0.224 e. The number of carbonyl (C=O) groups is 1. The van der Waals surface area contributed by atoms with Crippen LogP contribution in [0.25, 0.3) is 10.9 Å². The van der Waals surface area contributed by atoms with Gasteiger partial charge in [-0.05, 0) is 29.8 Å². The van der Waals surface area contributed by atoms with Gasteiger partial charge < -0.3 is 4.90 Å². The molecule has 0 aliphatic rings. The van der Waals surface area contributed by atoms with E-state index < -0.39 is 0 Å². The number of nitrogens with zero attached hydrogens (tertiary/aromatic N) is 4. The molecular formula is C20H18N4O2. The van der Waals surface area contributed by atoms with Gasteiger partial charge in [0.15, 0.2) is 0 Å². The zero-order valence-electron chi connectivity index (χ0n) is 14.4. The molecule has 2 aromatic carbocycles. The van der Waals surface area contributed by atoms with Gasteiger partial charge in [0.1, 0.15) is 0 Å². The Balaban J connectivity index is 1.66. The SMILES string of the molecule is CN(Cc1ccc(C#N)cc1)C(=O)CCn1ncc(=O)c2ccccc21. The molecule has 0 aliphatic heterocycles. The fraction of sp³-hybridized carbons (Fsp3) is 0.200. The van der Waals surface area contributed by atoms with Crippen LogP contribution in [-0.2, 0) is 17.9 Å². The monoisotopic (exact) mass is 346 g/mol. The van der Waals surface area contributed by atoms with Gasteiger partial charge in [0.2, 0.25) is 11.3 Å². The number of aryl methyl sites for hydroxylation is 1. The molecule has 0 saturated heterocycles. The van der Waals surface area contributed by atoms with Crippen LogP contribution >= 0.6 is 0 Å². The molecule has 0 saturated carbocycles. The number of aromatic nitrogens is 2. The van der Waals surface area contributed by atoms with Crippen molar-refractivity contribution in [2.45, 2.75) is 19.5 Å². The Hall–Kier alpha value is -3.46. The van der Waals surface area contributed by atoms with Gasteiger partial charge in [0, 0.05) is 25.4 Å². The predicted octanol–water partition coefficient (Wildman–Crippen LogP) is 2.32. The Morgan fingerprint density at radius 1 is 1.19 bits per heavy atom. The van der Waals surface area contributed by atoms with Crippen LogP contribution in [0.4, 0.5) is 0 Å². The van der Waals surface area contributed by atoms with Gasteiger partial charge in [-0.1, -0.05) is 24.3 Å². The maximum Gasteiger partial charge on any atom is 0.224 e. The number of para-hydroxylation sites is 1. The van der Waals surface area contributed by atoms with E-state index >= 15 is 0 Å². The Morgan fingerprint density at radius 3 is 2.65 bits per heavy atom. The van der Waals surface area contributed by atoms with Crippen LogP contribution in [0.15, 0.2) is 59.5 Å². The number of amides is 1. The molecule has 0 aliphatic carbocycles. The molecule has 3 rings (SSSR count). The summed E-state index contributed by atoms with van der Waals surface area (Å²) in [6.45, 7) is 0.875. The summed E-state index contributed by atoms with van der Waals surface area (Å²) >= 11 is 0. The Bertz CT molecular complexity index is 1030. The van der Waals surface area contributed by atoms with Crippen LogP contribution in [0.1, 0.15) is 17.5 Å². The van der Waals surface area contributed by atoms with E-state index in [-0.39, 0.29) is 17.8 Å². The molecule has 0 N–H and O–H groups in total. The Labute approximate surface area is 150 Å². The van der Waals surface area contributed by atoms with Gasteiger partial charge in [-0.15, -0.1) is 0 Å². The summed E-state index contributed by atoms with van der Waals surface area (Å²) in [6, 6.07) is 16.5. The fourth-order valence-electron chi connectivity index (χ4n) is 2.78. The van der Waals surface area contributed by atoms with Gasteiger partial charge in [0.05, 0.1) is 29.9 Å². The molecule has 3 aromatic rings. The highest BCUT2D eigenvalue weighted by Crippen LogP contribution is 2.10. The summed E-state index contributed by atoms with van der Waals surface area (Å²) in [5.41, 5.74) is 2.16. The lowest BCUT2D eigenvalue weighted by molar-refractivity contribution is -0.130. The molecule has 6 heteroatoms. The van der Waals surface area contributed by atoms with Crippen molar-refractivity contribution in [3.63, 3.8) is 0 Å². The van der Waals surface area contributed by atoms with Gasteiger partial charge >= 0.3 is 0 Å². The van der Waals surface area contributed by atoms with Crippen molar-refractivity contribution in [3.8, 4) is 6.07 Å². The van der Waals surface area contributed by atoms with Crippen LogP contribution in [0, 0.1) is 11.3 Å². The molecule has 0 atom stereocenters. The third-order valence-corrected chi connectivity index (χ3v) is 4.23. The molecule has 130 valence electrons. The van der Waals surface area contributed by atoms with E-state index in [1.807, 2.05) is 30.3 Å². The molecule has 1 amide bonds.